The van der Waals surface area contributed by atoms with Crippen molar-refractivity contribution in [2.24, 2.45) is 0 Å². The highest BCUT2D eigenvalue weighted by molar-refractivity contribution is 6.02. The quantitative estimate of drug-likeness (QED) is 0.673. The molecule has 1 aliphatic heterocycles. The molecule has 1 saturated heterocycles. The molecule has 0 radical (unpaired) electrons. The molecule has 2 atom stereocenters. The molecule has 8 heteroatoms. The number of pyridine rings is 1. The smallest absolute Gasteiger partial charge is 0.220 e. The summed E-state index contributed by atoms with van der Waals surface area (Å²) in [4.78, 5) is 17.5. The van der Waals surface area contributed by atoms with E-state index in [2.05, 4.69) is 19.9 Å². The van der Waals surface area contributed by atoms with Gasteiger partial charge in [0.1, 0.15) is 11.8 Å². The first-order valence-electron chi connectivity index (χ1n) is 7.74. The summed E-state index contributed by atoms with van der Waals surface area (Å²) in [6, 6.07) is 3.36. The van der Waals surface area contributed by atoms with Gasteiger partial charge in [-0.1, -0.05) is 0 Å². The molecular formula is C16H17FN6O. The number of alkyl halides is 1. The summed E-state index contributed by atoms with van der Waals surface area (Å²) in [5, 5.41) is 10.4. The Morgan fingerprint density at radius 2 is 2.17 bits per heavy atom. The molecule has 1 fully saturated rings. The lowest BCUT2D eigenvalue weighted by Crippen LogP contribution is -2.32. The van der Waals surface area contributed by atoms with E-state index in [0.29, 0.717) is 17.8 Å². The zero-order valence-corrected chi connectivity index (χ0v) is 12.9. The van der Waals surface area contributed by atoms with Crippen molar-refractivity contribution in [3.63, 3.8) is 0 Å². The average Bonchev–Trinajstić information content (AvgIpc) is 3.17. The number of H-pyrrole nitrogens is 1. The van der Waals surface area contributed by atoms with E-state index in [4.69, 9.17) is 5.73 Å². The molecule has 24 heavy (non-hydrogen) atoms. The second-order valence-electron chi connectivity index (χ2n) is 5.88. The first-order valence-corrected chi connectivity index (χ1v) is 7.74. The highest BCUT2D eigenvalue weighted by Crippen LogP contribution is 2.37. The van der Waals surface area contributed by atoms with Crippen molar-refractivity contribution in [2.75, 3.05) is 23.8 Å². The molecule has 0 saturated carbocycles. The first-order chi connectivity index (χ1) is 11.7. The topological polar surface area (TPSA) is 104 Å². The lowest BCUT2D eigenvalue weighted by Gasteiger charge is -2.25. The molecule has 4 heterocycles. The number of hydrogen-bond donors (Lipinski definition) is 3. The Bertz CT molecular complexity index is 882. The Kier molecular flexibility index (Phi) is 3.53. The number of aliphatic hydroxyl groups excluding tert-OH is 1. The molecule has 3 aromatic rings. The summed E-state index contributed by atoms with van der Waals surface area (Å²) < 4.78 is 13.9. The second-order valence-corrected chi connectivity index (χ2v) is 5.88. The fraction of sp³-hybridized carbons (Fsp3) is 0.312. The minimum atomic E-state index is -0.956. The molecule has 1 aliphatic rings. The maximum atomic E-state index is 13.9. The molecular weight excluding hydrogens is 311 g/mol. The van der Waals surface area contributed by atoms with Gasteiger partial charge in [0, 0.05) is 37.1 Å². The maximum Gasteiger partial charge on any atom is 0.220 e. The predicted octanol–water partition coefficient (Wildman–Crippen LogP) is 1.51. The van der Waals surface area contributed by atoms with E-state index in [1.54, 1.807) is 24.7 Å². The van der Waals surface area contributed by atoms with Gasteiger partial charge < -0.3 is 20.7 Å². The Morgan fingerprint density at radius 3 is 2.96 bits per heavy atom. The van der Waals surface area contributed by atoms with Gasteiger partial charge in [-0.3, -0.25) is 0 Å². The van der Waals surface area contributed by atoms with Crippen LogP contribution >= 0.6 is 0 Å². The highest BCUT2D eigenvalue weighted by atomic mass is 19.1. The molecule has 0 aliphatic carbocycles. The largest absolute Gasteiger partial charge is 0.394 e. The van der Waals surface area contributed by atoms with E-state index < -0.39 is 6.17 Å². The van der Waals surface area contributed by atoms with Gasteiger partial charge in [-0.25, -0.2) is 19.3 Å². The van der Waals surface area contributed by atoms with Crippen molar-refractivity contribution in [1.29, 1.82) is 0 Å². The predicted molar refractivity (Wildman–Crippen MR) is 89.3 cm³/mol. The molecule has 124 valence electrons. The number of aromatic nitrogens is 4. The Labute approximate surface area is 137 Å². The minimum absolute atomic E-state index is 0.0928. The number of rotatable bonds is 3. The van der Waals surface area contributed by atoms with E-state index in [1.807, 2.05) is 11.0 Å². The number of fused-ring (bicyclic) bond motifs is 1. The van der Waals surface area contributed by atoms with Crippen LogP contribution in [0.2, 0.25) is 0 Å². The summed E-state index contributed by atoms with van der Waals surface area (Å²) in [5.41, 5.74) is 8.68. The van der Waals surface area contributed by atoms with Gasteiger partial charge in [0.25, 0.3) is 0 Å². The fourth-order valence-corrected chi connectivity index (χ4v) is 3.33. The molecule has 0 spiro atoms. The van der Waals surface area contributed by atoms with Gasteiger partial charge in [-0.05, 0) is 12.1 Å². The van der Waals surface area contributed by atoms with Crippen LogP contribution in [0.3, 0.4) is 0 Å². The lowest BCUT2D eigenvalue weighted by atomic mass is 10.1. The fourth-order valence-electron chi connectivity index (χ4n) is 3.33. The van der Waals surface area contributed by atoms with Gasteiger partial charge in [-0.2, -0.15) is 0 Å². The first kappa shape index (κ1) is 14.8. The van der Waals surface area contributed by atoms with Crippen LogP contribution in [0.15, 0.2) is 30.7 Å². The van der Waals surface area contributed by atoms with Crippen LogP contribution in [0.5, 0.6) is 0 Å². The van der Waals surface area contributed by atoms with Gasteiger partial charge >= 0.3 is 0 Å². The van der Waals surface area contributed by atoms with E-state index in [0.717, 1.165) is 16.6 Å². The highest BCUT2D eigenvalue weighted by Gasteiger charge is 2.33. The van der Waals surface area contributed by atoms with Crippen LogP contribution in [0.4, 0.5) is 16.0 Å². The third kappa shape index (κ3) is 2.35. The maximum absolute atomic E-state index is 13.9. The normalized spacial score (nSPS) is 20.8. The van der Waals surface area contributed by atoms with Crippen molar-refractivity contribution in [3.05, 3.63) is 30.7 Å². The summed E-state index contributed by atoms with van der Waals surface area (Å²) in [6.45, 7) is 0.158. The average molecular weight is 328 g/mol. The van der Waals surface area contributed by atoms with Gasteiger partial charge in [-0.15, -0.1) is 0 Å². The SMILES string of the molecule is Nc1nccc(-c2c[nH]c3nccc(N4C[C@@H](F)C[C@H]4CO)c23)n1. The van der Waals surface area contributed by atoms with E-state index in [9.17, 15) is 9.50 Å². The number of nitrogen functional groups attached to an aromatic ring is 1. The minimum Gasteiger partial charge on any atom is -0.394 e. The van der Waals surface area contributed by atoms with Crippen LogP contribution < -0.4 is 10.6 Å². The summed E-state index contributed by atoms with van der Waals surface area (Å²) in [5.74, 6) is 0.186. The number of halogens is 1. The monoisotopic (exact) mass is 328 g/mol. The Hall–Kier alpha value is -2.74. The van der Waals surface area contributed by atoms with Gasteiger partial charge in [0.05, 0.1) is 29.4 Å². The molecule has 0 bridgehead atoms. The number of nitrogens with one attached hydrogen (secondary N) is 1. The molecule has 3 aromatic heterocycles. The van der Waals surface area contributed by atoms with Gasteiger partial charge in [0.2, 0.25) is 5.95 Å². The van der Waals surface area contributed by atoms with Crippen molar-refractivity contribution < 1.29 is 9.50 Å². The van der Waals surface area contributed by atoms with Crippen LogP contribution in [0.1, 0.15) is 6.42 Å². The molecule has 7 nitrogen and oxygen atoms in total. The number of nitrogens with zero attached hydrogens (tertiary/aromatic N) is 4. The van der Waals surface area contributed by atoms with E-state index >= 15 is 0 Å². The van der Waals surface area contributed by atoms with Crippen molar-refractivity contribution in [3.8, 4) is 11.3 Å². The van der Waals surface area contributed by atoms with Crippen LogP contribution in [0.25, 0.3) is 22.3 Å². The molecule has 4 N–H and O–H groups in total. The van der Waals surface area contributed by atoms with Gasteiger partial charge in [0.15, 0.2) is 0 Å². The van der Waals surface area contributed by atoms with Crippen molar-refractivity contribution in [2.45, 2.75) is 18.6 Å². The van der Waals surface area contributed by atoms with Crippen LogP contribution in [-0.2, 0) is 0 Å². The third-order valence-electron chi connectivity index (χ3n) is 4.39. The zero-order valence-electron chi connectivity index (χ0n) is 12.9. The van der Waals surface area contributed by atoms with Crippen molar-refractivity contribution in [1.82, 2.24) is 19.9 Å². The summed E-state index contributed by atoms with van der Waals surface area (Å²) in [6.07, 6.45) is 4.44. The standard InChI is InChI=1S/C16H17FN6O/c17-9-5-10(8-24)23(7-9)13-2-4-19-15-14(13)11(6-21-15)12-1-3-20-16(18)22-12/h1-4,6,9-10,24H,5,7-8H2,(H,19,21)(H2,18,20,22)/t9-,10-/m0/s1. The van der Waals surface area contributed by atoms with E-state index in [-0.39, 0.29) is 25.1 Å². The summed E-state index contributed by atoms with van der Waals surface area (Å²) >= 11 is 0. The number of aliphatic hydroxyl groups is 1. The molecule has 0 unspecified atom stereocenters. The van der Waals surface area contributed by atoms with Crippen molar-refractivity contribution >= 4 is 22.7 Å². The molecule has 0 amide bonds. The molecule has 0 aromatic carbocycles. The Morgan fingerprint density at radius 1 is 1.33 bits per heavy atom. The second kappa shape index (κ2) is 5.72. The van der Waals surface area contributed by atoms with Crippen LogP contribution in [0, 0.1) is 0 Å². The van der Waals surface area contributed by atoms with Crippen LogP contribution in [-0.4, -0.2) is 50.4 Å². The van der Waals surface area contributed by atoms with E-state index in [1.165, 1.54) is 0 Å². The number of nitrogens with two attached hydrogens (primary N) is 1. The number of aromatic amines is 1. The number of anilines is 2. The third-order valence-corrected chi connectivity index (χ3v) is 4.39. The zero-order chi connectivity index (χ0) is 16.7. The Balaban J connectivity index is 1.89. The lowest BCUT2D eigenvalue weighted by molar-refractivity contribution is 0.256. The number of hydrogen-bond acceptors (Lipinski definition) is 6. The summed E-state index contributed by atoms with van der Waals surface area (Å²) in [7, 11) is 0. The molecule has 4 rings (SSSR count).